The highest BCUT2D eigenvalue weighted by Gasteiger charge is 2.23. The molecule has 0 aliphatic rings. The highest BCUT2D eigenvalue weighted by Crippen LogP contribution is 2.32. The molecule has 0 aliphatic heterocycles. The van der Waals surface area contributed by atoms with Crippen molar-refractivity contribution in [1.82, 2.24) is 9.97 Å². The Bertz CT molecular complexity index is 1610. The first kappa shape index (κ1) is 23.5. The molecule has 10 heteroatoms. The lowest BCUT2D eigenvalue weighted by atomic mass is 10.1. The fourth-order valence-electron chi connectivity index (χ4n) is 3.22. The molecule has 2 aromatic carbocycles. The second kappa shape index (κ2) is 9.31. The molecule has 4 aromatic rings. The predicted molar refractivity (Wildman–Crippen MR) is 131 cm³/mol. The van der Waals surface area contributed by atoms with E-state index >= 15 is 0 Å². The number of nitrogens with zero attached hydrogens (tertiary/aromatic N) is 2. The topological polar surface area (TPSA) is 109 Å². The third-order valence-corrected chi connectivity index (χ3v) is 7.09. The molecule has 2 heterocycles. The van der Waals surface area contributed by atoms with Gasteiger partial charge in [0.2, 0.25) is 0 Å². The summed E-state index contributed by atoms with van der Waals surface area (Å²) >= 11 is 12.3. The number of benzene rings is 2. The van der Waals surface area contributed by atoms with Gasteiger partial charge in [0.05, 0.1) is 26.8 Å². The second-order valence-electron chi connectivity index (χ2n) is 7.19. The van der Waals surface area contributed by atoms with Crippen LogP contribution in [-0.4, -0.2) is 29.5 Å². The van der Waals surface area contributed by atoms with Crippen molar-refractivity contribution >= 4 is 55.8 Å². The Morgan fingerprint density at radius 1 is 1.03 bits per heavy atom. The van der Waals surface area contributed by atoms with Gasteiger partial charge in [-0.15, -0.1) is 0 Å². The molecule has 2 aromatic heterocycles. The zero-order chi connectivity index (χ0) is 24.5. The Morgan fingerprint density at radius 2 is 1.79 bits per heavy atom. The number of aryl methyl sites for hydroxylation is 1. The highest BCUT2D eigenvalue weighted by molar-refractivity contribution is 7.93. The number of aromatic carboxylic acids is 1. The number of hydrogen-bond acceptors (Lipinski definition) is 5. The van der Waals surface area contributed by atoms with Gasteiger partial charge >= 0.3 is 5.97 Å². The summed E-state index contributed by atoms with van der Waals surface area (Å²) in [5, 5.41) is 9.98. The third kappa shape index (κ3) is 4.82. The number of nitrogens with one attached hydrogen (secondary N) is 1. The van der Waals surface area contributed by atoms with Crippen molar-refractivity contribution in [2.24, 2.45) is 0 Å². The van der Waals surface area contributed by atoms with Crippen LogP contribution in [0.15, 0.2) is 65.8 Å². The number of carboxylic acids is 1. The van der Waals surface area contributed by atoms with Crippen molar-refractivity contribution in [2.45, 2.75) is 11.8 Å². The van der Waals surface area contributed by atoms with Crippen molar-refractivity contribution < 1.29 is 18.3 Å². The van der Waals surface area contributed by atoms with Crippen LogP contribution in [0.25, 0.3) is 10.9 Å². The fourth-order valence-corrected chi connectivity index (χ4v) is 5.03. The van der Waals surface area contributed by atoms with Crippen molar-refractivity contribution in [1.29, 1.82) is 0 Å². The minimum Gasteiger partial charge on any atom is -0.477 e. The molecule has 0 aliphatic carbocycles. The Kier molecular flexibility index (Phi) is 6.44. The molecule has 0 saturated carbocycles. The van der Waals surface area contributed by atoms with E-state index in [1.165, 1.54) is 36.7 Å². The maximum Gasteiger partial charge on any atom is 0.354 e. The van der Waals surface area contributed by atoms with Crippen molar-refractivity contribution in [3.05, 3.63) is 93.4 Å². The molecule has 2 N–H and O–H groups in total. The lowest BCUT2D eigenvalue weighted by Gasteiger charge is -2.14. The number of sulfonamides is 1. The molecule has 0 unspecified atom stereocenters. The molecule has 34 heavy (non-hydrogen) atoms. The lowest BCUT2D eigenvalue weighted by molar-refractivity contribution is 0.0690. The Labute approximate surface area is 205 Å². The normalized spacial score (nSPS) is 11.0. The van der Waals surface area contributed by atoms with E-state index in [1.54, 1.807) is 31.2 Å². The monoisotopic (exact) mass is 511 g/mol. The molecule has 0 radical (unpaired) electrons. The summed E-state index contributed by atoms with van der Waals surface area (Å²) in [6.45, 7) is 1.69. The van der Waals surface area contributed by atoms with E-state index in [1.807, 2.05) is 0 Å². The number of fused-ring (bicyclic) bond motifs is 1. The molecule has 0 amide bonds. The van der Waals surface area contributed by atoms with E-state index in [4.69, 9.17) is 28.3 Å². The number of carbonyl (C=O) groups is 1. The largest absolute Gasteiger partial charge is 0.477 e. The summed E-state index contributed by atoms with van der Waals surface area (Å²) in [5.41, 5.74) is 1.57. The van der Waals surface area contributed by atoms with Gasteiger partial charge in [0.15, 0.2) is 0 Å². The minimum atomic E-state index is -4.08. The molecule has 0 bridgehead atoms. The first-order valence-corrected chi connectivity index (χ1v) is 12.0. The van der Waals surface area contributed by atoms with Gasteiger partial charge in [0, 0.05) is 23.3 Å². The van der Waals surface area contributed by atoms with Crippen molar-refractivity contribution in [3.63, 3.8) is 0 Å². The van der Waals surface area contributed by atoms with Crippen molar-refractivity contribution in [2.75, 3.05) is 4.72 Å². The highest BCUT2D eigenvalue weighted by atomic mass is 35.5. The number of rotatable bonds is 4. The maximum absolute atomic E-state index is 13.4. The van der Waals surface area contributed by atoms with Crippen LogP contribution in [-0.2, 0) is 10.0 Å². The number of halogens is 2. The summed E-state index contributed by atoms with van der Waals surface area (Å²) in [6.07, 6.45) is 2.84. The minimum absolute atomic E-state index is 0.0454. The molecule has 0 spiro atoms. The Balaban J connectivity index is 1.77. The SMILES string of the molecule is Cc1ccc2cccnc2c1S(=O)(=O)Nc1cc(Cl)c(Cl)cc1C#Cc1ccc(C(=O)O)nc1. The predicted octanol–water partition coefficient (Wildman–Crippen LogP) is 5.14. The zero-order valence-electron chi connectivity index (χ0n) is 17.5. The van der Waals surface area contributed by atoms with Gasteiger partial charge in [0.25, 0.3) is 10.0 Å². The van der Waals surface area contributed by atoms with Gasteiger partial charge in [-0.05, 0) is 42.8 Å². The first-order chi connectivity index (χ1) is 16.2. The average molecular weight is 512 g/mol. The van der Waals surface area contributed by atoms with Crippen LogP contribution < -0.4 is 4.72 Å². The quantitative estimate of drug-likeness (QED) is 0.367. The first-order valence-electron chi connectivity index (χ1n) is 9.73. The van der Waals surface area contributed by atoms with Gasteiger partial charge in [-0.25, -0.2) is 18.2 Å². The lowest BCUT2D eigenvalue weighted by Crippen LogP contribution is -2.16. The summed E-state index contributed by atoms with van der Waals surface area (Å²) in [5.74, 6) is 4.52. The van der Waals surface area contributed by atoms with E-state index in [0.29, 0.717) is 22.0 Å². The molecule has 170 valence electrons. The van der Waals surface area contributed by atoms with Gasteiger partial charge in [-0.2, -0.15) is 0 Å². The summed E-state index contributed by atoms with van der Waals surface area (Å²) in [4.78, 5) is 19.1. The van der Waals surface area contributed by atoms with Crippen LogP contribution in [0.4, 0.5) is 5.69 Å². The van der Waals surface area contributed by atoms with Gasteiger partial charge in [-0.1, -0.05) is 53.2 Å². The van der Waals surface area contributed by atoms with Crippen LogP contribution in [0.1, 0.15) is 27.2 Å². The summed E-state index contributed by atoms with van der Waals surface area (Å²) < 4.78 is 29.4. The third-order valence-electron chi connectivity index (χ3n) is 4.82. The molecule has 7 nitrogen and oxygen atoms in total. The summed E-state index contributed by atoms with van der Waals surface area (Å²) in [6, 6.07) is 12.7. The second-order valence-corrected chi connectivity index (χ2v) is 9.63. The number of aromatic nitrogens is 2. The van der Waals surface area contributed by atoms with Crippen LogP contribution in [0, 0.1) is 18.8 Å². The van der Waals surface area contributed by atoms with Gasteiger partial charge in [-0.3, -0.25) is 9.71 Å². The average Bonchev–Trinajstić information content (AvgIpc) is 2.80. The smallest absolute Gasteiger partial charge is 0.354 e. The maximum atomic E-state index is 13.4. The van der Waals surface area contributed by atoms with Crippen molar-refractivity contribution in [3.8, 4) is 11.8 Å². The zero-order valence-corrected chi connectivity index (χ0v) is 19.8. The van der Waals surface area contributed by atoms with E-state index in [2.05, 4.69) is 26.5 Å². The number of carboxylic acid groups (broad SMARTS) is 1. The number of pyridine rings is 2. The molecule has 4 rings (SSSR count). The summed E-state index contributed by atoms with van der Waals surface area (Å²) in [7, 11) is -4.08. The van der Waals surface area contributed by atoms with Crippen LogP contribution >= 0.6 is 23.2 Å². The molecule has 0 saturated heterocycles. The number of hydrogen-bond donors (Lipinski definition) is 2. The van der Waals surface area contributed by atoms with E-state index < -0.39 is 16.0 Å². The molecular weight excluding hydrogens is 497 g/mol. The fraction of sp³-hybridized carbons (Fsp3) is 0.0417. The molecule has 0 fully saturated rings. The molecular formula is C24H15Cl2N3O4S. The Morgan fingerprint density at radius 3 is 2.50 bits per heavy atom. The van der Waals surface area contributed by atoms with Gasteiger partial charge < -0.3 is 5.11 Å². The van der Waals surface area contributed by atoms with Crippen LogP contribution in [0.2, 0.25) is 10.0 Å². The van der Waals surface area contributed by atoms with Crippen LogP contribution in [0.5, 0.6) is 0 Å². The van der Waals surface area contributed by atoms with E-state index in [-0.39, 0.29) is 31.9 Å². The van der Waals surface area contributed by atoms with Crippen LogP contribution in [0.3, 0.4) is 0 Å². The Hall–Kier alpha value is -3.64. The van der Waals surface area contributed by atoms with E-state index in [0.717, 1.165) is 0 Å². The standard InChI is InChI=1S/C24H15Cl2N3O4S/c1-14-4-7-16-3-2-10-27-22(16)23(14)34(32,33)29-21-12-19(26)18(25)11-17(21)8-5-15-6-9-20(24(30)31)28-13-15/h2-4,6-7,9-13,29H,1H3,(H,30,31). The molecule has 0 atom stereocenters. The van der Waals surface area contributed by atoms with E-state index in [9.17, 15) is 13.2 Å². The number of anilines is 1. The van der Waals surface area contributed by atoms with Gasteiger partial charge in [0.1, 0.15) is 10.6 Å².